The van der Waals surface area contributed by atoms with E-state index in [1.807, 2.05) is 48.5 Å². The van der Waals surface area contributed by atoms with Gasteiger partial charge in [-0.1, -0.05) is 71.8 Å². The van der Waals surface area contributed by atoms with Crippen molar-refractivity contribution in [2.24, 2.45) is 0 Å². The summed E-state index contributed by atoms with van der Waals surface area (Å²) in [4.78, 5) is 0. The normalized spacial score (nSPS) is 13.5. The molecule has 0 aliphatic heterocycles. The molecular formula is C17H19F3N2O5RuS2. The fourth-order valence-electron chi connectivity index (χ4n) is 2.01. The summed E-state index contributed by atoms with van der Waals surface area (Å²) in [5.74, 6) is 0. The first-order valence-electron chi connectivity index (χ1n) is 7.47. The first-order chi connectivity index (χ1) is 12.7. The molecular weight excluding hydrogens is 534 g/mol. The molecule has 0 fully saturated rings. The molecule has 0 aliphatic rings. The molecule has 0 bridgehead atoms. The minimum absolute atomic E-state index is 0. The minimum atomic E-state index is -6.09. The van der Waals surface area contributed by atoms with Crippen LogP contribution in [0.4, 0.5) is 13.2 Å². The van der Waals surface area contributed by atoms with Gasteiger partial charge in [-0.05, 0) is 0 Å². The van der Waals surface area contributed by atoms with Crippen molar-refractivity contribution in [3.63, 3.8) is 0 Å². The van der Waals surface area contributed by atoms with Gasteiger partial charge in [0.1, 0.15) is 0 Å². The second kappa shape index (κ2) is 12.5. The van der Waals surface area contributed by atoms with Gasteiger partial charge >= 0.3 is 25.0 Å². The molecule has 7 nitrogen and oxygen atoms in total. The van der Waals surface area contributed by atoms with Crippen LogP contribution in [-0.2, 0) is 39.6 Å². The number of hydrogen-bond acceptors (Lipinski definition) is 5. The second-order valence-corrected chi connectivity index (χ2v) is 8.53. The maximum Gasteiger partial charge on any atom is 4.00 e. The third kappa shape index (κ3) is 10.6. The summed E-state index contributed by atoms with van der Waals surface area (Å²) in [6, 6.07) is 16.7. The van der Waals surface area contributed by atoms with Crippen molar-refractivity contribution < 1.29 is 54.0 Å². The molecule has 0 aromatic heterocycles. The minimum Gasteiger partial charge on any atom is -0.741 e. The molecule has 2 rings (SSSR count). The first-order valence-corrected chi connectivity index (χ1v) is 10.7. The number of sulfonamides is 1. The van der Waals surface area contributed by atoms with E-state index >= 15 is 0 Å². The molecule has 0 unspecified atom stereocenters. The summed E-state index contributed by atoms with van der Waals surface area (Å²) in [5.41, 5.74) is 4.15. The monoisotopic (exact) mass is 554 g/mol. The van der Waals surface area contributed by atoms with E-state index in [9.17, 15) is 21.6 Å². The van der Waals surface area contributed by atoms with Gasteiger partial charge in [-0.2, -0.15) is 13.2 Å². The number of alkyl halides is 3. The Morgan fingerprint density at radius 1 is 0.900 bits per heavy atom. The quantitative estimate of drug-likeness (QED) is 0.235. The molecule has 0 amide bonds. The molecule has 0 saturated heterocycles. The summed E-state index contributed by atoms with van der Waals surface area (Å²) in [6.07, 6.45) is 1.06. The molecule has 0 radical (unpaired) electrons. The van der Waals surface area contributed by atoms with Gasteiger partial charge in [0.15, 0.2) is 10.1 Å². The number of halogens is 3. The van der Waals surface area contributed by atoms with E-state index in [-0.39, 0.29) is 26.9 Å². The van der Waals surface area contributed by atoms with Crippen LogP contribution in [0, 0.1) is 7.43 Å². The number of nitrogens with zero attached hydrogens (tertiary/aromatic N) is 1. The molecule has 30 heavy (non-hydrogen) atoms. The average molecular weight is 554 g/mol. The fraction of sp³-hybridized carbons (Fsp3) is 0.235. The van der Waals surface area contributed by atoms with Crippen LogP contribution >= 0.6 is 0 Å². The number of nitrogens with one attached hydrogen (secondary N) is 1. The van der Waals surface area contributed by atoms with Crippen molar-refractivity contribution in [1.82, 2.24) is 0 Å². The summed E-state index contributed by atoms with van der Waals surface area (Å²) >= 11 is 0. The van der Waals surface area contributed by atoms with Gasteiger partial charge in [0.25, 0.3) is 0 Å². The number of rotatable bonds is 5. The standard InChI is InChI=1S/C15H16N2O2S.CHF3O3S.CH3.Ru/c1-20(18,19)17-15(13-10-6-3-7-11-13)14(16)12-8-4-2-5-9-12;2-1(3,4)8(5,6)7;;/h2-11,14-16H,1H3;(H,5,6,7);1H3;/q-2;;-1;+4/p-1/t14-,15-;;;/m1.../s1. The zero-order valence-corrected chi connectivity index (χ0v) is 19.1. The molecule has 2 aromatic rings. The Morgan fingerprint density at radius 2 is 1.23 bits per heavy atom. The van der Waals surface area contributed by atoms with Crippen molar-refractivity contribution in [3.8, 4) is 0 Å². The Labute approximate surface area is 187 Å². The summed E-state index contributed by atoms with van der Waals surface area (Å²) in [6.45, 7) is 0. The predicted octanol–water partition coefficient (Wildman–Crippen LogP) is 4.35. The summed E-state index contributed by atoms with van der Waals surface area (Å²) in [7, 11) is -9.61. The Bertz CT molecular complexity index is 958. The van der Waals surface area contributed by atoms with Gasteiger partial charge in [-0.15, -0.1) is 12.1 Å². The zero-order valence-electron chi connectivity index (χ0n) is 15.7. The Morgan fingerprint density at radius 3 is 1.53 bits per heavy atom. The van der Waals surface area contributed by atoms with Crippen LogP contribution in [0.5, 0.6) is 0 Å². The van der Waals surface area contributed by atoms with Crippen molar-refractivity contribution in [2.75, 3.05) is 6.26 Å². The van der Waals surface area contributed by atoms with E-state index in [0.29, 0.717) is 0 Å². The van der Waals surface area contributed by atoms with E-state index in [2.05, 4.69) is 4.72 Å². The molecule has 1 N–H and O–H groups in total. The van der Waals surface area contributed by atoms with E-state index in [1.54, 1.807) is 12.1 Å². The van der Waals surface area contributed by atoms with Gasteiger partial charge in [-0.25, -0.2) is 16.8 Å². The van der Waals surface area contributed by atoms with Crippen LogP contribution in [0.3, 0.4) is 0 Å². The summed E-state index contributed by atoms with van der Waals surface area (Å²) in [5, 5.41) is 0. The molecule has 2 aromatic carbocycles. The summed E-state index contributed by atoms with van der Waals surface area (Å²) < 4.78 is 85.7. The molecule has 168 valence electrons. The average Bonchev–Trinajstić information content (AvgIpc) is 2.59. The predicted molar refractivity (Wildman–Crippen MR) is 103 cm³/mol. The maximum atomic E-state index is 11.5. The van der Waals surface area contributed by atoms with Crippen LogP contribution in [-0.4, -0.2) is 33.2 Å². The van der Waals surface area contributed by atoms with Gasteiger partial charge in [0.2, 0.25) is 0 Å². The fourth-order valence-corrected chi connectivity index (χ4v) is 2.67. The topological polar surface area (TPSA) is 129 Å². The molecule has 0 aliphatic carbocycles. The zero-order chi connectivity index (χ0) is 21.6. The van der Waals surface area contributed by atoms with Gasteiger partial charge in [-0.3, -0.25) is 0 Å². The third-order valence-corrected chi connectivity index (χ3v) is 4.38. The first kappa shape index (κ1) is 30.8. The van der Waals surface area contributed by atoms with Crippen molar-refractivity contribution >= 4 is 20.1 Å². The molecule has 13 heteroatoms. The van der Waals surface area contributed by atoms with Crippen molar-refractivity contribution in [2.45, 2.75) is 17.6 Å². The largest absolute Gasteiger partial charge is 4.00 e. The van der Waals surface area contributed by atoms with Gasteiger partial charge in [0.05, 0.1) is 10.0 Å². The van der Waals surface area contributed by atoms with Crippen LogP contribution in [0.15, 0.2) is 60.7 Å². The second-order valence-electron chi connectivity index (χ2n) is 5.48. The van der Waals surface area contributed by atoms with Gasteiger partial charge < -0.3 is 22.4 Å². The number of hydrogen-bond donors (Lipinski definition) is 0. The van der Waals surface area contributed by atoms with Crippen LogP contribution in [0.2, 0.25) is 0 Å². The SMILES string of the molecule is CS(=O)(=O)[N-][C@H](c1ccccc1)[C@H]([NH-])c1ccccc1.O=S(=O)([O-])C(F)(F)F.[CH3-].[Ru+4]. The Balaban J connectivity index is 0. The van der Waals surface area contributed by atoms with Crippen molar-refractivity contribution in [1.29, 1.82) is 0 Å². The Kier molecular flexibility index (Phi) is 12.8. The molecule has 0 spiro atoms. The number of benzene rings is 2. The van der Waals surface area contributed by atoms with Gasteiger partial charge in [0, 0.05) is 6.26 Å². The van der Waals surface area contributed by atoms with Crippen LogP contribution in [0.1, 0.15) is 23.2 Å². The Hall–Kier alpha value is -1.37. The van der Waals surface area contributed by atoms with Crippen LogP contribution in [0.25, 0.3) is 10.5 Å². The molecule has 2 atom stereocenters. The molecule has 0 heterocycles. The van der Waals surface area contributed by atoms with E-state index in [0.717, 1.165) is 17.4 Å². The van der Waals surface area contributed by atoms with Crippen LogP contribution < -0.4 is 0 Å². The van der Waals surface area contributed by atoms with E-state index in [4.69, 9.17) is 18.7 Å². The smallest absolute Gasteiger partial charge is 0.741 e. The molecule has 0 saturated carbocycles. The van der Waals surface area contributed by atoms with E-state index in [1.165, 1.54) is 0 Å². The van der Waals surface area contributed by atoms with E-state index < -0.39 is 37.7 Å². The van der Waals surface area contributed by atoms with Crippen molar-refractivity contribution in [3.05, 3.63) is 89.7 Å². The maximum absolute atomic E-state index is 11.5. The third-order valence-electron chi connectivity index (χ3n) is 3.20.